The SMILES string of the molecule is CNC(CCSC)c1ccc(C)cc1C. The molecule has 0 aliphatic rings. The Morgan fingerprint density at radius 2 is 2.07 bits per heavy atom. The van der Waals surface area contributed by atoms with Gasteiger partial charge in [-0.2, -0.15) is 11.8 Å². The fraction of sp³-hybridized carbons (Fsp3) is 0.538. The monoisotopic (exact) mass is 223 g/mol. The van der Waals surface area contributed by atoms with Gasteiger partial charge in [0.2, 0.25) is 0 Å². The largest absolute Gasteiger partial charge is 0.313 e. The molecule has 84 valence electrons. The quantitative estimate of drug-likeness (QED) is 0.822. The van der Waals surface area contributed by atoms with E-state index in [1.165, 1.54) is 28.9 Å². The average Bonchev–Trinajstić information content (AvgIpc) is 2.21. The summed E-state index contributed by atoms with van der Waals surface area (Å²) in [6, 6.07) is 7.22. The predicted molar refractivity (Wildman–Crippen MR) is 70.7 cm³/mol. The van der Waals surface area contributed by atoms with Crippen molar-refractivity contribution in [2.24, 2.45) is 0 Å². The molecule has 0 saturated carbocycles. The van der Waals surface area contributed by atoms with Crippen molar-refractivity contribution in [1.29, 1.82) is 0 Å². The number of benzene rings is 1. The Labute approximate surface area is 97.7 Å². The highest BCUT2D eigenvalue weighted by molar-refractivity contribution is 7.98. The summed E-state index contributed by atoms with van der Waals surface area (Å²) < 4.78 is 0. The molecule has 1 nitrogen and oxygen atoms in total. The number of hydrogen-bond donors (Lipinski definition) is 1. The van der Waals surface area contributed by atoms with Gasteiger partial charge in [-0.15, -0.1) is 0 Å². The minimum absolute atomic E-state index is 0.498. The third kappa shape index (κ3) is 3.54. The smallest absolute Gasteiger partial charge is 0.0328 e. The van der Waals surface area contributed by atoms with Crippen LogP contribution in [0, 0.1) is 13.8 Å². The zero-order chi connectivity index (χ0) is 11.3. The molecule has 0 heterocycles. The van der Waals surface area contributed by atoms with Crippen LogP contribution in [-0.4, -0.2) is 19.1 Å². The van der Waals surface area contributed by atoms with Crippen molar-refractivity contribution in [3.05, 3.63) is 34.9 Å². The van der Waals surface area contributed by atoms with Crippen molar-refractivity contribution in [1.82, 2.24) is 5.32 Å². The predicted octanol–water partition coefficient (Wildman–Crippen LogP) is 3.32. The van der Waals surface area contributed by atoms with E-state index < -0.39 is 0 Å². The molecule has 1 unspecified atom stereocenters. The minimum Gasteiger partial charge on any atom is -0.313 e. The molecule has 0 radical (unpaired) electrons. The average molecular weight is 223 g/mol. The summed E-state index contributed by atoms with van der Waals surface area (Å²) in [5.74, 6) is 1.21. The second-order valence-corrected chi connectivity index (χ2v) is 4.97. The van der Waals surface area contributed by atoms with Crippen molar-refractivity contribution in [2.45, 2.75) is 26.3 Å². The number of rotatable bonds is 5. The first-order valence-electron chi connectivity index (χ1n) is 5.42. The van der Waals surface area contributed by atoms with E-state index in [9.17, 15) is 0 Å². The number of hydrogen-bond acceptors (Lipinski definition) is 2. The molecule has 1 rings (SSSR count). The lowest BCUT2D eigenvalue weighted by Crippen LogP contribution is -2.18. The molecule has 0 fully saturated rings. The van der Waals surface area contributed by atoms with Gasteiger partial charge in [-0.3, -0.25) is 0 Å². The van der Waals surface area contributed by atoms with E-state index in [2.05, 4.69) is 43.6 Å². The zero-order valence-corrected chi connectivity index (χ0v) is 10.9. The second kappa shape index (κ2) is 6.19. The standard InChI is InChI=1S/C13H21NS/c1-10-5-6-12(11(2)9-10)13(14-3)7-8-15-4/h5-6,9,13-14H,7-8H2,1-4H3. The van der Waals surface area contributed by atoms with Crippen LogP contribution in [0.1, 0.15) is 29.2 Å². The van der Waals surface area contributed by atoms with Crippen LogP contribution < -0.4 is 5.32 Å². The highest BCUT2D eigenvalue weighted by Gasteiger charge is 2.10. The summed E-state index contributed by atoms with van der Waals surface area (Å²) in [4.78, 5) is 0. The Hall–Kier alpha value is -0.470. The maximum Gasteiger partial charge on any atom is 0.0328 e. The molecule has 0 amide bonds. The molecule has 0 aliphatic heterocycles. The second-order valence-electron chi connectivity index (χ2n) is 3.98. The third-order valence-electron chi connectivity index (χ3n) is 2.76. The number of thioether (sulfide) groups is 1. The van der Waals surface area contributed by atoms with Crippen LogP contribution in [0.2, 0.25) is 0 Å². The normalized spacial score (nSPS) is 12.8. The van der Waals surface area contributed by atoms with Gasteiger partial charge in [0.25, 0.3) is 0 Å². The lowest BCUT2D eigenvalue weighted by molar-refractivity contribution is 0.578. The van der Waals surface area contributed by atoms with Crippen LogP contribution in [0.4, 0.5) is 0 Å². The van der Waals surface area contributed by atoms with E-state index in [1.807, 2.05) is 18.8 Å². The van der Waals surface area contributed by atoms with Crippen LogP contribution in [-0.2, 0) is 0 Å². The molecule has 2 heteroatoms. The highest BCUT2D eigenvalue weighted by Crippen LogP contribution is 2.22. The van der Waals surface area contributed by atoms with E-state index >= 15 is 0 Å². The molecule has 1 aromatic rings. The van der Waals surface area contributed by atoms with E-state index in [1.54, 1.807) is 0 Å². The molecular formula is C13H21NS. The summed E-state index contributed by atoms with van der Waals surface area (Å²) in [6.45, 7) is 4.35. The first kappa shape index (κ1) is 12.6. The Bertz CT molecular complexity index is 309. The van der Waals surface area contributed by atoms with Gasteiger partial charge in [-0.05, 0) is 50.5 Å². The summed E-state index contributed by atoms with van der Waals surface area (Å²) in [5, 5.41) is 3.40. The fourth-order valence-electron chi connectivity index (χ4n) is 1.91. The lowest BCUT2D eigenvalue weighted by Gasteiger charge is -2.18. The van der Waals surface area contributed by atoms with Gasteiger partial charge in [-0.25, -0.2) is 0 Å². The minimum atomic E-state index is 0.498. The maximum absolute atomic E-state index is 3.40. The summed E-state index contributed by atoms with van der Waals surface area (Å²) in [5.41, 5.74) is 4.18. The molecule has 0 spiro atoms. The topological polar surface area (TPSA) is 12.0 Å². The molecule has 1 atom stereocenters. The Balaban J connectivity index is 2.81. The fourth-order valence-corrected chi connectivity index (χ4v) is 2.38. The first-order valence-corrected chi connectivity index (χ1v) is 6.81. The molecule has 1 aromatic carbocycles. The van der Waals surface area contributed by atoms with Gasteiger partial charge in [0.15, 0.2) is 0 Å². The van der Waals surface area contributed by atoms with Crippen LogP contribution in [0.5, 0.6) is 0 Å². The van der Waals surface area contributed by atoms with Gasteiger partial charge < -0.3 is 5.32 Å². The van der Waals surface area contributed by atoms with Crippen LogP contribution in [0.15, 0.2) is 18.2 Å². The Morgan fingerprint density at radius 1 is 1.33 bits per heavy atom. The molecule has 0 aromatic heterocycles. The Morgan fingerprint density at radius 3 is 2.60 bits per heavy atom. The van der Waals surface area contributed by atoms with Gasteiger partial charge in [0.05, 0.1) is 0 Å². The van der Waals surface area contributed by atoms with Crippen molar-refractivity contribution in [3.8, 4) is 0 Å². The van der Waals surface area contributed by atoms with E-state index in [0.29, 0.717) is 6.04 Å². The molecule has 1 N–H and O–H groups in total. The van der Waals surface area contributed by atoms with E-state index in [4.69, 9.17) is 0 Å². The van der Waals surface area contributed by atoms with Gasteiger partial charge >= 0.3 is 0 Å². The summed E-state index contributed by atoms with van der Waals surface area (Å²) in [7, 11) is 2.05. The summed E-state index contributed by atoms with van der Waals surface area (Å²) in [6.07, 6.45) is 3.36. The molecular weight excluding hydrogens is 202 g/mol. The highest BCUT2D eigenvalue weighted by atomic mass is 32.2. The van der Waals surface area contributed by atoms with Crippen molar-refractivity contribution < 1.29 is 0 Å². The van der Waals surface area contributed by atoms with E-state index in [-0.39, 0.29) is 0 Å². The zero-order valence-electron chi connectivity index (χ0n) is 10.1. The van der Waals surface area contributed by atoms with Gasteiger partial charge in [-0.1, -0.05) is 23.8 Å². The van der Waals surface area contributed by atoms with E-state index in [0.717, 1.165) is 0 Å². The third-order valence-corrected chi connectivity index (χ3v) is 3.40. The van der Waals surface area contributed by atoms with Crippen LogP contribution in [0.3, 0.4) is 0 Å². The first-order chi connectivity index (χ1) is 7.19. The number of aryl methyl sites for hydroxylation is 2. The van der Waals surface area contributed by atoms with Gasteiger partial charge in [0, 0.05) is 6.04 Å². The summed E-state index contributed by atoms with van der Waals surface area (Å²) >= 11 is 1.91. The molecule has 15 heavy (non-hydrogen) atoms. The van der Waals surface area contributed by atoms with Crippen LogP contribution >= 0.6 is 11.8 Å². The molecule has 0 bridgehead atoms. The van der Waals surface area contributed by atoms with Crippen molar-refractivity contribution >= 4 is 11.8 Å². The maximum atomic E-state index is 3.40. The van der Waals surface area contributed by atoms with Gasteiger partial charge in [0.1, 0.15) is 0 Å². The van der Waals surface area contributed by atoms with Crippen molar-refractivity contribution in [2.75, 3.05) is 19.1 Å². The van der Waals surface area contributed by atoms with Crippen LogP contribution in [0.25, 0.3) is 0 Å². The lowest BCUT2D eigenvalue weighted by atomic mass is 9.98. The molecule has 0 aliphatic carbocycles. The number of nitrogens with one attached hydrogen (secondary N) is 1. The molecule has 0 saturated heterocycles. The Kier molecular flexibility index (Phi) is 5.20. The van der Waals surface area contributed by atoms with Crippen molar-refractivity contribution in [3.63, 3.8) is 0 Å².